The average molecular weight is 235 g/mol. The first-order valence-electron chi connectivity index (χ1n) is 5.63. The Labute approximate surface area is 101 Å². The van der Waals surface area contributed by atoms with Crippen molar-refractivity contribution in [2.75, 3.05) is 0 Å². The predicted octanol–water partition coefficient (Wildman–Crippen LogP) is 1.38. The summed E-state index contributed by atoms with van der Waals surface area (Å²) < 4.78 is 0. The number of aryl methyl sites for hydroxylation is 1. The highest BCUT2D eigenvalue weighted by molar-refractivity contribution is 5.84. The minimum Gasteiger partial charge on any atom is -0.480 e. The molecule has 0 heterocycles. The van der Waals surface area contributed by atoms with Crippen LogP contribution < -0.4 is 5.32 Å². The highest BCUT2D eigenvalue weighted by Crippen LogP contribution is 2.06. The first kappa shape index (κ1) is 13.2. The van der Waals surface area contributed by atoms with E-state index in [2.05, 4.69) is 5.32 Å². The van der Waals surface area contributed by atoms with E-state index < -0.39 is 12.0 Å². The van der Waals surface area contributed by atoms with Gasteiger partial charge < -0.3 is 10.4 Å². The summed E-state index contributed by atoms with van der Waals surface area (Å²) >= 11 is 0. The second kappa shape index (κ2) is 6.03. The molecule has 0 aliphatic rings. The second-order valence-corrected chi connectivity index (χ2v) is 3.98. The maximum Gasteiger partial charge on any atom is 0.325 e. The summed E-state index contributed by atoms with van der Waals surface area (Å²) in [6, 6.07) is 6.88. The van der Waals surface area contributed by atoms with Gasteiger partial charge in [-0.15, -0.1) is 0 Å². The molecule has 1 rings (SSSR count). The molecular formula is C13H17NO3. The fraction of sp³-hybridized carbons (Fsp3) is 0.385. The van der Waals surface area contributed by atoms with Gasteiger partial charge in [0.05, 0.1) is 6.42 Å². The number of carboxylic acid groups (broad SMARTS) is 1. The lowest BCUT2D eigenvalue weighted by Gasteiger charge is -2.09. The highest BCUT2D eigenvalue weighted by atomic mass is 16.4. The second-order valence-electron chi connectivity index (χ2n) is 3.98. The zero-order valence-electron chi connectivity index (χ0n) is 10.1. The molecule has 2 N–H and O–H groups in total. The van der Waals surface area contributed by atoms with E-state index in [-0.39, 0.29) is 12.3 Å². The van der Waals surface area contributed by atoms with E-state index in [1.807, 2.05) is 31.2 Å². The monoisotopic (exact) mass is 235 g/mol. The van der Waals surface area contributed by atoms with Gasteiger partial charge in [-0.3, -0.25) is 9.59 Å². The van der Waals surface area contributed by atoms with Crippen molar-refractivity contribution >= 4 is 11.9 Å². The summed E-state index contributed by atoms with van der Waals surface area (Å²) in [7, 11) is 0. The van der Waals surface area contributed by atoms with Crippen LogP contribution in [0.15, 0.2) is 24.3 Å². The van der Waals surface area contributed by atoms with Crippen LogP contribution in [0.4, 0.5) is 0 Å². The van der Waals surface area contributed by atoms with Crippen molar-refractivity contribution in [3.05, 3.63) is 35.4 Å². The molecule has 0 saturated heterocycles. The molecule has 1 aromatic carbocycles. The maximum absolute atomic E-state index is 11.6. The van der Waals surface area contributed by atoms with Gasteiger partial charge in [-0.25, -0.2) is 0 Å². The lowest BCUT2D eigenvalue weighted by Crippen LogP contribution is -2.39. The number of carbonyl (C=O) groups excluding carboxylic acids is 1. The first-order valence-corrected chi connectivity index (χ1v) is 5.63. The molecule has 0 aliphatic heterocycles. The Morgan fingerprint density at radius 3 is 2.59 bits per heavy atom. The van der Waals surface area contributed by atoms with Gasteiger partial charge in [0.15, 0.2) is 0 Å². The van der Waals surface area contributed by atoms with Crippen LogP contribution in [-0.4, -0.2) is 23.0 Å². The largest absolute Gasteiger partial charge is 0.480 e. The minimum absolute atomic E-state index is 0.214. The van der Waals surface area contributed by atoms with Gasteiger partial charge in [-0.2, -0.15) is 0 Å². The van der Waals surface area contributed by atoms with Crippen LogP contribution in [0.3, 0.4) is 0 Å². The quantitative estimate of drug-likeness (QED) is 0.810. The number of carbonyl (C=O) groups is 2. The fourth-order valence-electron chi connectivity index (χ4n) is 1.50. The van der Waals surface area contributed by atoms with Crippen LogP contribution >= 0.6 is 0 Å². The normalized spacial score (nSPS) is 11.9. The van der Waals surface area contributed by atoms with E-state index in [0.717, 1.165) is 12.0 Å². The molecule has 17 heavy (non-hydrogen) atoms. The van der Waals surface area contributed by atoms with Gasteiger partial charge in [0.25, 0.3) is 0 Å². The molecule has 4 nitrogen and oxygen atoms in total. The number of hydrogen-bond donors (Lipinski definition) is 2. The molecule has 0 aliphatic carbocycles. The fourth-order valence-corrected chi connectivity index (χ4v) is 1.50. The Morgan fingerprint density at radius 2 is 2.00 bits per heavy atom. The van der Waals surface area contributed by atoms with E-state index in [0.29, 0.717) is 0 Å². The van der Waals surface area contributed by atoms with Crippen molar-refractivity contribution in [1.82, 2.24) is 5.32 Å². The van der Waals surface area contributed by atoms with E-state index in [1.54, 1.807) is 0 Å². The summed E-state index contributed by atoms with van der Waals surface area (Å²) in [5.41, 5.74) is 2.07. The van der Waals surface area contributed by atoms with E-state index in [4.69, 9.17) is 5.11 Å². The number of aliphatic carboxylic acids is 1. The van der Waals surface area contributed by atoms with Crippen molar-refractivity contribution in [2.24, 2.45) is 0 Å². The summed E-state index contributed by atoms with van der Waals surface area (Å²) in [6.07, 6.45) is 1.13. The van der Waals surface area contributed by atoms with Crippen molar-refractivity contribution in [3.63, 3.8) is 0 Å². The summed E-state index contributed by atoms with van der Waals surface area (Å²) in [6.45, 7) is 3.49. The molecule has 1 atom stereocenters. The Kier molecular flexibility index (Phi) is 4.69. The SMILES string of the molecule is CCc1cccc(CC(=O)N[C@@H](C)C(=O)O)c1. The Balaban J connectivity index is 2.58. The third-order valence-electron chi connectivity index (χ3n) is 2.51. The molecule has 0 spiro atoms. The van der Waals surface area contributed by atoms with Crippen molar-refractivity contribution < 1.29 is 14.7 Å². The van der Waals surface area contributed by atoms with Crippen LogP contribution in [0.5, 0.6) is 0 Å². The number of hydrogen-bond acceptors (Lipinski definition) is 2. The van der Waals surface area contributed by atoms with Gasteiger partial charge in [0.2, 0.25) is 5.91 Å². The number of amides is 1. The zero-order chi connectivity index (χ0) is 12.8. The Bertz CT molecular complexity index is 415. The van der Waals surface area contributed by atoms with Gasteiger partial charge in [0.1, 0.15) is 6.04 Å². The predicted molar refractivity (Wildman–Crippen MR) is 64.8 cm³/mol. The Morgan fingerprint density at radius 1 is 1.35 bits per heavy atom. The molecule has 92 valence electrons. The van der Waals surface area contributed by atoms with Gasteiger partial charge in [-0.1, -0.05) is 31.2 Å². The molecule has 0 radical (unpaired) electrons. The molecule has 4 heteroatoms. The molecule has 0 saturated carbocycles. The third kappa shape index (κ3) is 4.26. The van der Waals surface area contributed by atoms with Crippen LogP contribution in [0.1, 0.15) is 25.0 Å². The molecular weight excluding hydrogens is 218 g/mol. The average Bonchev–Trinajstić information content (AvgIpc) is 2.28. The first-order chi connectivity index (χ1) is 8.02. The lowest BCUT2D eigenvalue weighted by molar-refractivity contribution is -0.141. The number of benzene rings is 1. The van der Waals surface area contributed by atoms with E-state index >= 15 is 0 Å². The molecule has 0 bridgehead atoms. The number of carboxylic acids is 1. The number of rotatable bonds is 5. The third-order valence-corrected chi connectivity index (χ3v) is 2.51. The standard InChI is InChI=1S/C13H17NO3/c1-3-10-5-4-6-11(7-10)8-12(15)14-9(2)13(16)17/h4-7,9H,3,8H2,1-2H3,(H,14,15)(H,16,17)/t9-/m0/s1. The molecule has 1 amide bonds. The topological polar surface area (TPSA) is 66.4 Å². The van der Waals surface area contributed by atoms with Gasteiger partial charge >= 0.3 is 5.97 Å². The summed E-state index contributed by atoms with van der Waals surface area (Å²) in [4.78, 5) is 22.1. The van der Waals surface area contributed by atoms with Gasteiger partial charge in [0, 0.05) is 0 Å². The van der Waals surface area contributed by atoms with Crippen LogP contribution in [-0.2, 0) is 22.4 Å². The lowest BCUT2D eigenvalue weighted by atomic mass is 10.1. The highest BCUT2D eigenvalue weighted by Gasteiger charge is 2.13. The maximum atomic E-state index is 11.6. The summed E-state index contributed by atoms with van der Waals surface area (Å²) in [5.74, 6) is -1.30. The zero-order valence-corrected chi connectivity index (χ0v) is 10.1. The van der Waals surface area contributed by atoms with E-state index in [9.17, 15) is 9.59 Å². The summed E-state index contributed by atoms with van der Waals surface area (Å²) in [5, 5.41) is 11.1. The number of nitrogens with one attached hydrogen (secondary N) is 1. The minimum atomic E-state index is -1.03. The smallest absolute Gasteiger partial charge is 0.325 e. The van der Waals surface area contributed by atoms with Crippen molar-refractivity contribution in [3.8, 4) is 0 Å². The van der Waals surface area contributed by atoms with Crippen molar-refractivity contribution in [1.29, 1.82) is 0 Å². The van der Waals surface area contributed by atoms with Crippen LogP contribution in [0, 0.1) is 0 Å². The van der Waals surface area contributed by atoms with Crippen LogP contribution in [0.25, 0.3) is 0 Å². The molecule has 1 aromatic rings. The van der Waals surface area contributed by atoms with Crippen molar-refractivity contribution in [2.45, 2.75) is 32.7 Å². The molecule has 0 fully saturated rings. The molecule has 0 aromatic heterocycles. The Hall–Kier alpha value is -1.84. The van der Waals surface area contributed by atoms with Gasteiger partial charge in [-0.05, 0) is 24.5 Å². The molecule has 0 unspecified atom stereocenters. The van der Waals surface area contributed by atoms with E-state index in [1.165, 1.54) is 12.5 Å². The van der Waals surface area contributed by atoms with Crippen LogP contribution in [0.2, 0.25) is 0 Å².